The third kappa shape index (κ3) is 3.61. The number of hydrogen-bond acceptors (Lipinski definition) is 3. The van der Waals surface area contributed by atoms with Gasteiger partial charge in [-0.3, -0.25) is 9.48 Å². The Hall–Kier alpha value is -2.14. The SMILES string of the molecule is NC1CC2CCCC(C1)C2NC(=O)c1cnn(Cc2ccccc2)c1. The molecule has 2 atom stereocenters. The Morgan fingerprint density at radius 3 is 2.64 bits per heavy atom. The molecule has 5 heteroatoms. The number of carbonyl (C=O) groups excluding carboxylic acids is 1. The standard InChI is InChI=1S/C20H26N4O/c21-18-9-15-7-4-8-16(10-18)19(15)23-20(25)17-11-22-24(13-17)12-14-5-2-1-3-6-14/h1-3,5-6,11,13,15-16,18-19H,4,7-10,12,21H2,(H,23,25). The van der Waals surface area contributed by atoms with Gasteiger partial charge in [-0.2, -0.15) is 5.10 Å². The Balaban J connectivity index is 1.42. The molecule has 1 amide bonds. The van der Waals surface area contributed by atoms with Crippen LogP contribution in [0.3, 0.4) is 0 Å². The summed E-state index contributed by atoms with van der Waals surface area (Å²) in [4.78, 5) is 12.7. The lowest BCUT2D eigenvalue weighted by molar-refractivity contribution is 0.0756. The maximum Gasteiger partial charge on any atom is 0.254 e. The molecule has 0 saturated heterocycles. The lowest BCUT2D eigenvalue weighted by atomic mass is 9.67. The maximum absolute atomic E-state index is 12.7. The highest BCUT2D eigenvalue weighted by molar-refractivity contribution is 5.93. The zero-order chi connectivity index (χ0) is 17.2. The van der Waals surface area contributed by atoms with Gasteiger partial charge in [0.1, 0.15) is 0 Å². The van der Waals surface area contributed by atoms with Crippen LogP contribution in [0.2, 0.25) is 0 Å². The number of fused-ring (bicyclic) bond motifs is 2. The molecule has 2 aromatic rings. The first kappa shape index (κ1) is 16.3. The molecule has 0 aliphatic heterocycles. The number of carbonyl (C=O) groups is 1. The minimum Gasteiger partial charge on any atom is -0.349 e. The highest BCUT2D eigenvalue weighted by atomic mass is 16.1. The molecule has 0 radical (unpaired) electrons. The normalized spacial score (nSPS) is 28.5. The first-order valence-electron chi connectivity index (χ1n) is 9.32. The molecule has 2 aliphatic carbocycles. The van der Waals surface area contributed by atoms with Crippen LogP contribution in [0.15, 0.2) is 42.7 Å². The Morgan fingerprint density at radius 1 is 1.20 bits per heavy atom. The highest BCUT2D eigenvalue weighted by Gasteiger charge is 2.40. The van der Waals surface area contributed by atoms with Crippen molar-refractivity contribution in [2.24, 2.45) is 17.6 Å². The summed E-state index contributed by atoms with van der Waals surface area (Å²) < 4.78 is 1.82. The predicted molar refractivity (Wildman–Crippen MR) is 97.1 cm³/mol. The molecule has 4 rings (SSSR count). The Morgan fingerprint density at radius 2 is 1.92 bits per heavy atom. The van der Waals surface area contributed by atoms with E-state index in [-0.39, 0.29) is 11.9 Å². The average molecular weight is 338 g/mol. The van der Waals surface area contributed by atoms with E-state index in [0.29, 0.717) is 30.0 Å². The summed E-state index contributed by atoms with van der Waals surface area (Å²) in [6.07, 6.45) is 9.22. The first-order valence-corrected chi connectivity index (χ1v) is 9.32. The topological polar surface area (TPSA) is 72.9 Å². The molecule has 5 nitrogen and oxygen atoms in total. The Bertz CT molecular complexity index is 712. The molecule has 0 spiro atoms. The van der Waals surface area contributed by atoms with Crippen molar-refractivity contribution in [2.75, 3.05) is 0 Å². The van der Waals surface area contributed by atoms with Gasteiger partial charge in [-0.05, 0) is 43.1 Å². The van der Waals surface area contributed by atoms with Crippen molar-refractivity contribution in [1.29, 1.82) is 0 Å². The van der Waals surface area contributed by atoms with E-state index >= 15 is 0 Å². The Kier molecular flexibility index (Phi) is 4.57. The second-order valence-electron chi connectivity index (χ2n) is 7.59. The summed E-state index contributed by atoms with van der Waals surface area (Å²) in [7, 11) is 0. The molecular formula is C20H26N4O. The van der Waals surface area contributed by atoms with E-state index in [1.165, 1.54) is 24.8 Å². The largest absolute Gasteiger partial charge is 0.349 e. The van der Waals surface area contributed by atoms with E-state index in [1.54, 1.807) is 6.20 Å². The smallest absolute Gasteiger partial charge is 0.254 e. The molecule has 2 unspecified atom stereocenters. The highest BCUT2D eigenvalue weighted by Crippen LogP contribution is 2.39. The number of nitrogens with two attached hydrogens (primary N) is 1. The summed E-state index contributed by atoms with van der Waals surface area (Å²) >= 11 is 0. The molecule has 2 saturated carbocycles. The second kappa shape index (κ2) is 7.00. The number of benzene rings is 1. The van der Waals surface area contributed by atoms with Gasteiger partial charge in [0.2, 0.25) is 0 Å². The van der Waals surface area contributed by atoms with E-state index in [2.05, 4.69) is 22.5 Å². The third-order valence-electron chi connectivity index (χ3n) is 5.76. The van der Waals surface area contributed by atoms with Crippen molar-refractivity contribution in [3.05, 3.63) is 53.9 Å². The van der Waals surface area contributed by atoms with Gasteiger partial charge in [-0.15, -0.1) is 0 Å². The van der Waals surface area contributed by atoms with Gasteiger partial charge in [-0.25, -0.2) is 0 Å². The van der Waals surface area contributed by atoms with Gasteiger partial charge in [-0.1, -0.05) is 36.8 Å². The zero-order valence-electron chi connectivity index (χ0n) is 14.5. The number of amides is 1. The van der Waals surface area contributed by atoms with Crippen LogP contribution in [0.25, 0.3) is 0 Å². The van der Waals surface area contributed by atoms with Crippen molar-refractivity contribution in [3.63, 3.8) is 0 Å². The van der Waals surface area contributed by atoms with Crippen LogP contribution in [0.4, 0.5) is 0 Å². The van der Waals surface area contributed by atoms with Crippen LogP contribution in [0.5, 0.6) is 0 Å². The molecule has 1 heterocycles. The third-order valence-corrected chi connectivity index (χ3v) is 5.76. The van der Waals surface area contributed by atoms with Crippen molar-refractivity contribution in [1.82, 2.24) is 15.1 Å². The quantitative estimate of drug-likeness (QED) is 0.900. The fourth-order valence-corrected chi connectivity index (χ4v) is 4.60. The van der Waals surface area contributed by atoms with Crippen molar-refractivity contribution in [2.45, 2.75) is 50.7 Å². The van der Waals surface area contributed by atoms with Crippen LogP contribution in [0, 0.1) is 11.8 Å². The van der Waals surface area contributed by atoms with Crippen molar-refractivity contribution >= 4 is 5.91 Å². The fourth-order valence-electron chi connectivity index (χ4n) is 4.60. The summed E-state index contributed by atoms with van der Waals surface area (Å²) in [6.45, 7) is 0.678. The summed E-state index contributed by atoms with van der Waals surface area (Å²) in [5, 5.41) is 7.63. The van der Waals surface area contributed by atoms with Gasteiger partial charge >= 0.3 is 0 Å². The Labute approximate surface area is 148 Å². The van der Waals surface area contributed by atoms with Crippen molar-refractivity contribution in [3.8, 4) is 0 Å². The number of aromatic nitrogens is 2. The number of nitrogens with zero attached hydrogens (tertiary/aromatic N) is 2. The minimum atomic E-state index is -0.00307. The van der Waals surface area contributed by atoms with E-state index in [0.717, 1.165) is 12.8 Å². The number of nitrogens with one attached hydrogen (secondary N) is 1. The molecule has 1 aromatic heterocycles. The van der Waals surface area contributed by atoms with Gasteiger partial charge in [0.15, 0.2) is 0 Å². The molecular weight excluding hydrogens is 312 g/mol. The summed E-state index contributed by atoms with van der Waals surface area (Å²) in [6, 6.07) is 10.7. The van der Waals surface area contributed by atoms with Crippen LogP contribution >= 0.6 is 0 Å². The fraction of sp³-hybridized carbons (Fsp3) is 0.500. The summed E-state index contributed by atoms with van der Waals surface area (Å²) in [5.41, 5.74) is 8.00. The van der Waals surface area contributed by atoms with Crippen LogP contribution in [-0.2, 0) is 6.54 Å². The zero-order valence-corrected chi connectivity index (χ0v) is 14.5. The van der Waals surface area contributed by atoms with Gasteiger partial charge in [0.25, 0.3) is 5.91 Å². The van der Waals surface area contributed by atoms with Gasteiger partial charge in [0, 0.05) is 18.3 Å². The number of hydrogen-bond donors (Lipinski definition) is 2. The van der Waals surface area contributed by atoms with Gasteiger partial charge < -0.3 is 11.1 Å². The molecule has 25 heavy (non-hydrogen) atoms. The minimum absolute atomic E-state index is 0.00307. The van der Waals surface area contributed by atoms with Crippen LogP contribution in [0.1, 0.15) is 48.0 Å². The second-order valence-corrected chi connectivity index (χ2v) is 7.59. The van der Waals surface area contributed by atoms with E-state index in [1.807, 2.05) is 29.1 Å². The lowest BCUT2D eigenvalue weighted by Crippen LogP contribution is -2.53. The molecule has 2 aliphatic rings. The van der Waals surface area contributed by atoms with Crippen LogP contribution < -0.4 is 11.1 Å². The monoisotopic (exact) mass is 338 g/mol. The van der Waals surface area contributed by atoms with Crippen molar-refractivity contribution < 1.29 is 4.79 Å². The maximum atomic E-state index is 12.7. The first-order chi connectivity index (χ1) is 12.2. The molecule has 132 valence electrons. The number of rotatable bonds is 4. The molecule has 2 fully saturated rings. The van der Waals surface area contributed by atoms with E-state index in [9.17, 15) is 4.79 Å². The predicted octanol–water partition coefficient (Wildman–Crippen LogP) is 2.57. The van der Waals surface area contributed by atoms with E-state index < -0.39 is 0 Å². The summed E-state index contributed by atoms with van der Waals surface area (Å²) in [5.74, 6) is 1.06. The van der Waals surface area contributed by atoms with Gasteiger partial charge in [0.05, 0.1) is 18.3 Å². The lowest BCUT2D eigenvalue weighted by Gasteiger charge is -2.45. The molecule has 3 N–H and O–H groups in total. The average Bonchev–Trinajstić information content (AvgIpc) is 3.05. The van der Waals surface area contributed by atoms with E-state index in [4.69, 9.17) is 5.73 Å². The molecule has 2 bridgehead atoms. The molecule has 1 aromatic carbocycles. The van der Waals surface area contributed by atoms with Crippen LogP contribution in [-0.4, -0.2) is 27.8 Å².